The number of hydrogen-bond donors (Lipinski definition) is 0. The smallest absolute Gasteiger partial charge is 0.136 e. The van der Waals surface area contributed by atoms with Crippen LogP contribution in [0.1, 0.15) is 45.1 Å². The summed E-state index contributed by atoms with van der Waals surface area (Å²) in [5.74, 6) is 1.69. The van der Waals surface area contributed by atoms with Gasteiger partial charge in [-0.2, -0.15) is 0 Å². The second kappa shape index (κ2) is 13.6. The van der Waals surface area contributed by atoms with Crippen LogP contribution < -0.4 is 9.47 Å². The Hall–Kier alpha value is -0.530. The van der Waals surface area contributed by atoms with Crippen molar-refractivity contribution in [1.29, 1.82) is 0 Å². The second-order valence-electron chi connectivity index (χ2n) is 5.99. The van der Waals surface area contributed by atoms with Crippen molar-refractivity contribution in [2.24, 2.45) is 5.16 Å². The minimum absolute atomic E-state index is 0.491. The maximum Gasteiger partial charge on any atom is 0.136 e. The molecule has 7 heteroatoms. The van der Waals surface area contributed by atoms with Crippen molar-refractivity contribution in [3.63, 3.8) is 0 Å². The Bertz CT molecular complexity index is 587. The van der Waals surface area contributed by atoms with Crippen LogP contribution in [0.15, 0.2) is 31.2 Å². The third-order valence-electron chi connectivity index (χ3n) is 3.31. The monoisotopic (exact) mass is 553 g/mol. The molecule has 1 rings (SSSR count). The number of nitrogens with zero attached hydrogens (tertiary/aromatic N) is 1. The molecule has 0 bridgehead atoms. The zero-order chi connectivity index (χ0) is 19.4. The summed E-state index contributed by atoms with van der Waals surface area (Å²) >= 11 is 10.2. The lowest BCUT2D eigenvalue weighted by molar-refractivity contribution is 0.139. The predicted octanol–water partition coefficient (Wildman–Crippen LogP) is 7.12. The largest absolute Gasteiger partial charge is 0.492 e. The van der Waals surface area contributed by atoms with Gasteiger partial charge in [0.05, 0.1) is 20.2 Å². The van der Waals surface area contributed by atoms with Crippen LogP contribution in [0.4, 0.5) is 0 Å². The summed E-state index contributed by atoms with van der Waals surface area (Å²) in [6, 6.07) is 3.93. The first-order valence-electron chi connectivity index (χ1n) is 8.60. The molecule has 0 amide bonds. The molecule has 0 spiro atoms. The Morgan fingerprint density at radius 3 is 2.35 bits per heavy atom. The fourth-order valence-electron chi connectivity index (χ4n) is 2.14. The van der Waals surface area contributed by atoms with E-state index >= 15 is 0 Å². The van der Waals surface area contributed by atoms with E-state index in [4.69, 9.17) is 14.3 Å². The van der Waals surface area contributed by atoms with Gasteiger partial charge in [0.2, 0.25) is 0 Å². The molecule has 0 aliphatic rings. The molecule has 4 nitrogen and oxygen atoms in total. The van der Waals surface area contributed by atoms with Crippen LogP contribution in [-0.4, -0.2) is 25.5 Å². The minimum atomic E-state index is 0.491. The van der Waals surface area contributed by atoms with Crippen molar-refractivity contribution in [3.8, 4) is 11.5 Å². The van der Waals surface area contributed by atoms with Crippen LogP contribution >= 0.6 is 47.8 Å². The SMILES string of the molecule is CC(C)=NOCCCCCCOc1c(C)cc(OCC=C(Br)Br)cc1Br. The molecule has 1 aromatic rings. The highest BCUT2D eigenvalue weighted by Gasteiger charge is 2.08. The first kappa shape index (κ1) is 23.5. The lowest BCUT2D eigenvalue weighted by atomic mass is 10.2. The number of hydrogen-bond acceptors (Lipinski definition) is 4. The lowest BCUT2D eigenvalue weighted by Gasteiger charge is -2.13. The van der Waals surface area contributed by atoms with Gasteiger partial charge < -0.3 is 14.3 Å². The van der Waals surface area contributed by atoms with Crippen molar-refractivity contribution in [2.45, 2.75) is 46.5 Å². The summed E-state index contributed by atoms with van der Waals surface area (Å²) in [7, 11) is 0. The summed E-state index contributed by atoms with van der Waals surface area (Å²) in [5, 5.41) is 3.92. The zero-order valence-corrected chi connectivity index (χ0v) is 20.2. The molecule has 0 aliphatic heterocycles. The van der Waals surface area contributed by atoms with Crippen LogP contribution in [-0.2, 0) is 4.84 Å². The highest BCUT2D eigenvalue weighted by molar-refractivity contribution is 9.28. The first-order chi connectivity index (χ1) is 12.4. The van der Waals surface area contributed by atoms with Gasteiger partial charge in [0.1, 0.15) is 24.7 Å². The van der Waals surface area contributed by atoms with Gasteiger partial charge in [0.25, 0.3) is 0 Å². The average molecular weight is 556 g/mol. The van der Waals surface area contributed by atoms with Gasteiger partial charge in [-0.1, -0.05) is 5.16 Å². The van der Waals surface area contributed by atoms with Gasteiger partial charge in [0, 0.05) is 0 Å². The molecule has 0 aromatic heterocycles. The molecule has 0 saturated heterocycles. The standard InChI is InChI=1S/C19H26Br3NO3/c1-14(2)23-26-10-7-5-4-6-9-25-19-15(3)12-16(13-17(19)20)24-11-8-18(21)22/h8,12-13H,4-7,9-11H2,1-3H3. The van der Waals surface area contributed by atoms with E-state index in [1.165, 1.54) is 0 Å². The van der Waals surface area contributed by atoms with Crippen LogP contribution in [0.5, 0.6) is 11.5 Å². The predicted molar refractivity (Wildman–Crippen MR) is 119 cm³/mol. The quantitative estimate of drug-likeness (QED) is 0.157. The Labute approximate surface area is 181 Å². The number of halogens is 3. The maximum atomic E-state index is 5.94. The van der Waals surface area contributed by atoms with Crippen LogP contribution in [0.2, 0.25) is 0 Å². The number of ether oxygens (including phenoxy) is 2. The molecule has 0 atom stereocenters. The third-order valence-corrected chi connectivity index (χ3v) is 4.55. The van der Waals surface area contributed by atoms with Crippen molar-refractivity contribution in [2.75, 3.05) is 19.8 Å². The van der Waals surface area contributed by atoms with Gasteiger partial charge in [-0.3, -0.25) is 0 Å². The second-order valence-corrected chi connectivity index (χ2v) is 9.62. The topological polar surface area (TPSA) is 40.0 Å². The fraction of sp³-hybridized carbons (Fsp3) is 0.526. The summed E-state index contributed by atoms with van der Waals surface area (Å²) < 4.78 is 13.4. The average Bonchev–Trinajstić information content (AvgIpc) is 2.54. The molecule has 0 unspecified atom stereocenters. The van der Waals surface area contributed by atoms with E-state index < -0.39 is 0 Å². The molecule has 0 heterocycles. The van der Waals surface area contributed by atoms with Crippen molar-refractivity contribution < 1.29 is 14.3 Å². The first-order valence-corrected chi connectivity index (χ1v) is 11.0. The van der Waals surface area contributed by atoms with Gasteiger partial charge in [0.15, 0.2) is 0 Å². The molecule has 0 radical (unpaired) electrons. The molecular weight excluding hydrogens is 530 g/mol. The highest BCUT2D eigenvalue weighted by atomic mass is 79.9. The normalized spacial score (nSPS) is 10.2. The van der Waals surface area contributed by atoms with Gasteiger partial charge in [-0.25, -0.2) is 0 Å². The maximum absolute atomic E-state index is 5.94. The van der Waals surface area contributed by atoms with Crippen LogP contribution in [0, 0.1) is 6.92 Å². The molecule has 1 aromatic carbocycles. The number of benzene rings is 1. The van der Waals surface area contributed by atoms with Crippen molar-refractivity contribution in [3.05, 3.63) is 31.6 Å². The lowest BCUT2D eigenvalue weighted by Crippen LogP contribution is -2.01. The zero-order valence-electron chi connectivity index (χ0n) is 15.5. The van der Waals surface area contributed by atoms with Crippen LogP contribution in [0.3, 0.4) is 0 Å². The van der Waals surface area contributed by atoms with Gasteiger partial charge in [-0.15, -0.1) is 0 Å². The molecule has 0 N–H and O–H groups in total. The summed E-state index contributed by atoms with van der Waals surface area (Å²) in [6.45, 7) is 7.75. The molecule has 26 heavy (non-hydrogen) atoms. The minimum Gasteiger partial charge on any atom is -0.492 e. The molecule has 0 aliphatic carbocycles. The summed E-state index contributed by atoms with van der Waals surface area (Å²) in [4.78, 5) is 5.18. The molecule has 146 valence electrons. The van der Waals surface area contributed by atoms with E-state index in [0.29, 0.717) is 19.8 Å². The Kier molecular flexibility index (Phi) is 12.3. The number of aryl methyl sites for hydroxylation is 1. The van der Waals surface area contributed by atoms with E-state index in [1.54, 1.807) is 0 Å². The fourth-order valence-corrected chi connectivity index (χ4v) is 3.05. The van der Waals surface area contributed by atoms with Crippen molar-refractivity contribution >= 4 is 53.5 Å². The summed E-state index contributed by atoms with van der Waals surface area (Å²) in [6.07, 6.45) is 6.16. The van der Waals surface area contributed by atoms with Crippen LogP contribution in [0.25, 0.3) is 0 Å². The highest BCUT2D eigenvalue weighted by Crippen LogP contribution is 2.33. The van der Waals surface area contributed by atoms with Gasteiger partial charge >= 0.3 is 0 Å². The van der Waals surface area contributed by atoms with E-state index in [-0.39, 0.29) is 0 Å². The summed E-state index contributed by atoms with van der Waals surface area (Å²) in [5.41, 5.74) is 2.00. The Morgan fingerprint density at radius 2 is 1.73 bits per heavy atom. The number of rotatable bonds is 12. The molecular formula is C19H26Br3NO3. The van der Waals surface area contributed by atoms with E-state index in [9.17, 15) is 0 Å². The van der Waals surface area contributed by atoms with Crippen molar-refractivity contribution in [1.82, 2.24) is 0 Å². The Balaban J connectivity index is 2.30. The van der Waals surface area contributed by atoms with E-state index in [2.05, 4.69) is 52.9 Å². The molecule has 0 fully saturated rings. The molecule has 0 saturated carbocycles. The van der Waals surface area contributed by atoms with Gasteiger partial charge in [-0.05, 0) is 118 Å². The van der Waals surface area contributed by atoms with E-state index in [0.717, 1.165) is 56.3 Å². The number of oxime groups is 1. The van der Waals surface area contributed by atoms with E-state index in [1.807, 2.05) is 39.0 Å². The number of unbranched alkanes of at least 4 members (excludes halogenated alkanes) is 3. The Morgan fingerprint density at radius 1 is 1.04 bits per heavy atom. The third kappa shape index (κ3) is 10.6.